The average Bonchev–Trinajstić information content (AvgIpc) is 2.58. The minimum Gasteiger partial charge on any atom is -0.351 e. The Hall–Kier alpha value is -1.36. The molecule has 1 N–H and O–H groups in total. The zero-order valence-electron chi connectivity index (χ0n) is 9.65. The van der Waals surface area contributed by atoms with Gasteiger partial charge in [0.2, 0.25) is 5.91 Å². The highest BCUT2D eigenvalue weighted by Gasteiger charge is 2.15. The molecule has 0 spiro atoms. The van der Waals surface area contributed by atoms with Crippen LogP contribution in [0.3, 0.4) is 0 Å². The molecular formula is C11H15N3OS. The number of nitrogens with zero attached hydrogens (tertiary/aromatic N) is 2. The Morgan fingerprint density at radius 1 is 1.56 bits per heavy atom. The number of aromatic nitrogens is 2. The van der Waals surface area contributed by atoms with E-state index in [4.69, 9.17) is 0 Å². The van der Waals surface area contributed by atoms with Crippen LogP contribution in [0.5, 0.6) is 0 Å². The normalized spacial score (nSPS) is 11.9. The Morgan fingerprint density at radius 3 is 2.94 bits per heavy atom. The maximum Gasteiger partial charge on any atom is 0.226 e. The van der Waals surface area contributed by atoms with Gasteiger partial charge in [-0.3, -0.25) is 9.20 Å². The molecule has 2 rings (SSSR count). The van der Waals surface area contributed by atoms with Gasteiger partial charge in [0.25, 0.3) is 0 Å². The SMILES string of the molecule is CC(C)(C)NC(=O)Cc1cn2ccsc2n1. The highest BCUT2D eigenvalue weighted by molar-refractivity contribution is 7.15. The minimum absolute atomic E-state index is 0.0123. The van der Waals surface area contributed by atoms with E-state index in [-0.39, 0.29) is 11.4 Å². The molecular weight excluding hydrogens is 222 g/mol. The monoisotopic (exact) mass is 237 g/mol. The summed E-state index contributed by atoms with van der Waals surface area (Å²) in [5.41, 5.74) is 0.627. The second-order valence-electron chi connectivity index (χ2n) is 4.80. The van der Waals surface area contributed by atoms with Crippen molar-refractivity contribution in [2.24, 2.45) is 0 Å². The van der Waals surface area contributed by atoms with Gasteiger partial charge < -0.3 is 5.32 Å². The van der Waals surface area contributed by atoms with Crippen LogP contribution in [0.2, 0.25) is 0 Å². The zero-order chi connectivity index (χ0) is 11.8. The molecule has 4 nitrogen and oxygen atoms in total. The summed E-state index contributed by atoms with van der Waals surface area (Å²) >= 11 is 1.57. The number of nitrogens with one attached hydrogen (secondary N) is 1. The lowest BCUT2D eigenvalue weighted by molar-refractivity contribution is -0.121. The quantitative estimate of drug-likeness (QED) is 0.866. The van der Waals surface area contributed by atoms with Crippen molar-refractivity contribution in [1.82, 2.24) is 14.7 Å². The molecule has 0 saturated heterocycles. The summed E-state index contributed by atoms with van der Waals surface area (Å²) in [5, 5.41) is 4.89. The maximum absolute atomic E-state index is 11.7. The van der Waals surface area contributed by atoms with Crippen molar-refractivity contribution in [3.8, 4) is 0 Å². The van der Waals surface area contributed by atoms with Crippen LogP contribution in [0.15, 0.2) is 17.8 Å². The third kappa shape index (κ3) is 2.61. The van der Waals surface area contributed by atoms with Crippen LogP contribution in [-0.4, -0.2) is 20.8 Å². The minimum atomic E-state index is -0.186. The number of imidazole rings is 1. The van der Waals surface area contributed by atoms with Gasteiger partial charge in [0, 0.05) is 23.3 Å². The Morgan fingerprint density at radius 2 is 2.31 bits per heavy atom. The summed E-state index contributed by atoms with van der Waals surface area (Å²) < 4.78 is 1.93. The summed E-state index contributed by atoms with van der Waals surface area (Å²) in [6, 6.07) is 0. The fraction of sp³-hybridized carbons (Fsp3) is 0.455. The van der Waals surface area contributed by atoms with Crippen LogP contribution < -0.4 is 5.32 Å². The third-order valence-corrected chi connectivity index (χ3v) is 2.77. The molecule has 0 aliphatic carbocycles. The summed E-state index contributed by atoms with van der Waals surface area (Å²) in [6.07, 6.45) is 4.18. The van der Waals surface area contributed by atoms with Gasteiger partial charge in [-0.15, -0.1) is 11.3 Å². The Balaban J connectivity index is 2.05. The molecule has 86 valence electrons. The number of fused-ring (bicyclic) bond motifs is 1. The molecule has 0 aromatic carbocycles. The molecule has 2 aromatic heterocycles. The van der Waals surface area contributed by atoms with Crippen molar-refractivity contribution >= 4 is 22.2 Å². The zero-order valence-corrected chi connectivity index (χ0v) is 10.5. The van der Waals surface area contributed by atoms with E-state index >= 15 is 0 Å². The van der Waals surface area contributed by atoms with E-state index in [9.17, 15) is 4.79 Å². The molecule has 0 aliphatic heterocycles. The van der Waals surface area contributed by atoms with Crippen molar-refractivity contribution in [2.75, 3.05) is 0 Å². The molecule has 2 aromatic rings. The molecule has 0 atom stereocenters. The predicted molar refractivity (Wildman–Crippen MR) is 64.7 cm³/mol. The molecule has 2 heterocycles. The predicted octanol–water partition coefficient (Wildman–Crippen LogP) is 1.85. The molecule has 16 heavy (non-hydrogen) atoms. The number of hydrogen-bond acceptors (Lipinski definition) is 3. The Kier molecular flexibility index (Phi) is 2.71. The summed E-state index contributed by atoms with van der Waals surface area (Å²) in [7, 11) is 0. The van der Waals surface area contributed by atoms with E-state index in [2.05, 4.69) is 10.3 Å². The van der Waals surface area contributed by atoms with Crippen LogP contribution in [0, 0.1) is 0 Å². The summed E-state index contributed by atoms with van der Waals surface area (Å²) in [5.74, 6) is 0.0123. The maximum atomic E-state index is 11.7. The Bertz CT molecular complexity index is 478. The highest BCUT2D eigenvalue weighted by atomic mass is 32.1. The van der Waals surface area contributed by atoms with E-state index in [1.807, 2.05) is 42.9 Å². The van der Waals surface area contributed by atoms with E-state index < -0.39 is 0 Å². The number of amides is 1. The van der Waals surface area contributed by atoms with E-state index in [0.29, 0.717) is 6.42 Å². The van der Waals surface area contributed by atoms with Crippen molar-refractivity contribution < 1.29 is 4.79 Å². The lowest BCUT2D eigenvalue weighted by Crippen LogP contribution is -2.41. The second kappa shape index (κ2) is 3.90. The molecule has 1 amide bonds. The van der Waals surface area contributed by atoms with Crippen LogP contribution >= 0.6 is 11.3 Å². The van der Waals surface area contributed by atoms with Crippen molar-refractivity contribution in [2.45, 2.75) is 32.7 Å². The molecule has 5 heteroatoms. The van der Waals surface area contributed by atoms with Gasteiger partial charge in [-0.25, -0.2) is 4.98 Å². The largest absolute Gasteiger partial charge is 0.351 e. The fourth-order valence-corrected chi connectivity index (χ4v) is 2.21. The third-order valence-electron chi connectivity index (χ3n) is 2.00. The first-order chi connectivity index (χ1) is 7.44. The van der Waals surface area contributed by atoms with Crippen molar-refractivity contribution in [3.05, 3.63) is 23.5 Å². The average molecular weight is 237 g/mol. The van der Waals surface area contributed by atoms with Crippen molar-refractivity contribution in [1.29, 1.82) is 0 Å². The van der Waals surface area contributed by atoms with Gasteiger partial charge in [0.1, 0.15) is 0 Å². The number of carbonyl (C=O) groups excluding carboxylic acids is 1. The van der Waals surface area contributed by atoms with Gasteiger partial charge in [-0.05, 0) is 20.8 Å². The smallest absolute Gasteiger partial charge is 0.226 e. The number of thiazole rings is 1. The van der Waals surface area contributed by atoms with E-state index in [1.165, 1.54) is 0 Å². The van der Waals surface area contributed by atoms with Crippen LogP contribution in [0.1, 0.15) is 26.5 Å². The van der Waals surface area contributed by atoms with Crippen LogP contribution in [-0.2, 0) is 11.2 Å². The number of rotatable bonds is 2. The van der Waals surface area contributed by atoms with Crippen LogP contribution in [0.4, 0.5) is 0 Å². The first kappa shape index (κ1) is 11.1. The first-order valence-corrected chi connectivity index (χ1v) is 6.04. The Labute approximate surface area is 98.3 Å². The molecule has 0 saturated carbocycles. The lowest BCUT2D eigenvalue weighted by Gasteiger charge is -2.19. The van der Waals surface area contributed by atoms with E-state index in [0.717, 1.165) is 10.7 Å². The lowest BCUT2D eigenvalue weighted by atomic mass is 10.1. The molecule has 0 radical (unpaired) electrons. The van der Waals surface area contributed by atoms with Gasteiger partial charge >= 0.3 is 0 Å². The summed E-state index contributed by atoms with van der Waals surface area (Å²) in [4.78, 5) is 17.0. The van der Waals surface area contributed by atoms with Gasteiger partial charge in [0.05, 0.1) is 12.1 Å². The first-order valence-electron chi connectivity index (χ1n) is 5.16. The fourth-order valence-electron chi connectivity index (χ4n) is 1.49. The second-order valence-corrected chi connectivity index (χ2v) is 5.67. The van der Waals surface area contributed by atoms with Gasteiger partial charge in [-0.2, -0.15) is 0 Å². The standard InChI is InChI=1S/C11H15N3OS/c1-11(2,3)13-9(15)6-8-7-14-4-5-16-10(14)12-8/h4-5,7H,6H2,1-3H3,(H,13,15). The van der Waals surface area contributed by atoms with E-state index in [1.54, 1.807) is 11.3 Å². The van der Waals surface area contributed by atoms with Gasteiger partial charge in [0.15, 0.2) is 4.96 Å². The van der Waals surface area contributed by atoms with Crippen LogP contribution in [0.25, 0.3) is 4.96 Å². The molecule has 0 bridgehead atoms. The summed E-state index contributed by atoms with van der Waals surface area (Å²) in [6.45, 7) is 5.91. The number of hydrogen-bond donors (Lipinski definition) is 1. The molecule has 0 fully saturated rings. The molecule has 0 unspecified atom stereocenters. The highest BCUT2D eigenvalue weighted by Crippen LogP contribution is 2.11. The van der Waals surface area contributed by atoms with Gasteiger partial charge in [-0.1, -0.05) is 0 Å². The topological polar surface area (TPSA) is 46.4 Å². The molecule has 0 aliphatic rings. The van der Waals surface area contributed by atoms with Crippen molar-refractivity contribution in [3.63, 3.8) is 0 Å². The number of carbonyl (C=O) groups is 1.